The number of nitrogens with zero attached hydrogens (tertiary/aromatic N) is 1. The Morgan fingerprint density at radius 2 is 1.59 bits per heavy atom. The second-order valence-corrected chi connectivity index (χ2v) is 18.5. The van der Waals surface area contributed by atoms with Crippen LogP contribution in [0.15, 0.2) is 24.8 Å². The Labute approximate surface area is 308 Å². The molecule has 5 atom stereocenters. The van der Waals surface area contributed by atoms with Gasteiger partial charge in [-0.25, -0.2) is 9.59 Å². The van der Waals surface area contributed by atoms with Gasteiger partial charge in [-0.1, -0.05) is 102 Å². The summed E-state index contributed by atoms with van der Waals surface area (Å²) in [4.78, 5) is 50.5. The summed E-state index contributed by atoms with van der Waals surface area (Å²) in [6.45, 7) is 31.1. The third kappa shape index (κ3) is 13.2. The van der Waals surface area contributed by atoms with Gasteiger partial charge in [0.05, 0.1) is 37.7 Å². The van der Waals surface area contributed by atoms with Crippen molar-refractivity contribution in [3.05, 3.63) is 24.8 Å². The number of amides is 1. The summed E-state index contributed by atoms with van der Waals surface area (Å²) >= 11 is 0. The van der Waals surface area contributed by atoms with Gasteiger partial charge in [0.25, 0.3) is 0 Å². The molecule has 1 rings (SSSR count). The fraction of sp³-hybridized carbons (Fsp3) is 0.780. The fourth-order valence-electron chi connectivity index (χ4n) is 6.71. The highest BCUT2D eigenvalue weighted by molar-refractivity contribution is 5.93. The molecule has 0 saturated carbocycles. The van der Waals surface area contributed by atoms with Crippen LogP contribution in [0.4, 0.5) is 0 Å². The molecule has 1 amide bonds. The van der Waals surface area contributed by atoms with E-state index in [9.17, 15) is 24.4 Å². The Morgan fingerprint density at radius 1 is 0.980 bits per heavy atom. The highest BCUT2D eigenvalue weighted by atomic mass is 16.6. The molecule has 1 aliphatic heterocycles. The fourth-order valence-corrected chi connectivity index (χ4v) is 6.71. The average molecular weight is 716 g/mol. The third-order valence-corrected chi connectivity index (χ3v) is 12.1. The topological polar surface area (TPSA) is 158 Å². The van der Waals surface area contributed by atoms with Crippen molar-refractivity contribution in [3.63, 3.8) is 0 Å². The van der Waals surface area contributed by atoms with Crippen molar-refractivity contribution in [2.45, 2.75) is 153 Å². The van der Waals surface area contributed by atoms with Gasteiger partial charge in [-0.15, -0.1) is 0 Å². The molecule has 0 spiro atoms. The Balaban J connectivity index is 3.52. The van der Waals surface area contributed by atoms with Crippen LogP contribution in [0.25, 0.3) is 0 Å². The summed E-state index contributed by atoms with van der Waals surface area (Å²) in [6.07, 6.45) is 7.25. The predicted octanol–water partition coefficient (Wildman–Crippen LogP) is 7.60. The molecule has 0 aliphatic carbocycles. The molecule has 10 heteroatoms. The summed E-state index contributed by atoms with van der Waals surface area (Å²) in [5.41, 5.74) is 4.31. The van der Waals surface area contributed by atoms with E-state index in [1.807, 2.05) is 41.5 Å². The molecule has 290 valence electrons. The second kappa shape index (κ2) is 18.1. The molecule has 51 heavy (non-hydrogen) atoms. The minimum absolute atomic E-state index is 0.0345. The molecular formula is C41H69N3O7. The zero-order valence-electron chi connectivity index (χ0n) is 34.0. The molecular weight excluding hydrogens is 646 g/mol. The van der Waals surface area contributed by atoms with Gasteiger partial charge >= 0.3 is 17.9 Å². The molecule has 1 saturated heterocycles. The minimum atomic E-state index is -0.990. The Kier molecular flexibility index (Phi) is 16.4. The maximum absolute atomic E-state index is 13.8. The predicted molar refractivity (Wildman–Crippen MR) is 201 cm³/mol. The van der Waals surface area contributed by atoms with Crippen LogP contribution >= 0.6 is 0 Å². The summed E-state index contributed by atoms with van der Waals surface area (Å²) in [5.74, 6) is -3.10. The Hall–Kier alpha value is -3.03. The van der Waals surface area contributed by atoms with Gasteiger partial charge in [0.15, 0.2) is 0 Å². The van der Waals surface area contributed by atoms with Crippen LogP contribution in [0, 0.1) is 50.2 Å². The van der Waals surface area contributed by atoms with E-state index >= 15 is 0 Å². The van der Waals surface area contributed by atoms with Gasteiger partial charge in [0.2, 0.25) is 5.91 Å². The highest BCUT2D eigenvalue weighted by Gasteiger charge is 2.53. The SMILES string of the molecule is C=CC(=O)OCC(CC(C)(C)C(C)(C)C(CC(C)(C)C)OCCC#N)C(C)(N)C(C)(C)CC(C(=O)OC(=O)/C=C/C1CCC(=O)N1)C(C)(C)CC. The lowest BCUT2D eigenvalue weighted by Gasteiger charge is -2.54. The van der Waals surface area contributed by atoms with E-state index in [1.165, 1.54) is 6.08 Å². The first-order valence-electron chi connectivity index (χ1n) is 18.5. The lowest BCUT2D eigenvalue weighted by Crippen LogP contribution is -2.60. The van der Waals surface area contributed by atoms with Crippen LogP contribution in [-0.4, -0.2) is 54.7 Å². The number of esters is 3. The maximum Gasteiger partial charge on any atom is 0.338 e. The van der Waals surface area contributed by atoms with Crippen LogP contribution in [0.3, 0.4) is 0 Å². The van der Waals surface area contributed by atoms with Crippen LogP contribution in [0.1, 0.15) is 135 Å². The van der Waals surface area contributed by atoms with E-state index in [0.29, 0.717) is 45.1 Å². The zero-order chi connectivity index (χ0) is 39.6. The molecule has 3 N–H and O–H groups in total. The standard InChI is InChI=1S/C41H69N3O7/c1-15-33(46)50-27-28(24-38(8,9)40(12,13)31(26-36(3,4)5)49-23-17-22-42)41(14,43)39(10,11)25-30(37(6,7)16-2)35(48)51-34(47)21-19-29-18-20-32(45)44-29/h15,19,21,28-31H,1,16-18,20,23-27,43H2,2-14H3,(H,44,45)/b21-19+. The number of ether oxygens (including phenoxy) is 3. The quantitative estimate of drug-likeness (QED) is 0.0560. The van der Waals surface area contributed by atoms with Crippen LogP contribution in [-0.2, 0) is 33.4 Å². The third-order valence-electron chi connectivity index (χ3n) is 12.1. The number of carbonyl (C=O) groups is 4. The molecule has 1 aliphatic rings. The van der Waals surface area contributed by atoms with Gasteiger partial charge < -0.3 is 25.3 Å². The average Bonchev–Trinajstić information content (AvgIpc) is 3.43. The number of nitrogens with two attached hydrogens (primary N) is 1. The van der Waals surface area contributed by atoms with E-state index < -0.39 is 51.0 Å². The molecule has 0 aromatic heterocycles. The monoisotopic (exact) mass is 716 g/mol. The van der Waals surface area contributed by atoms with Crippen molar-refractivity contribution >= 4 is 23.8 Å². The molecule has 0 bridgehead atoms. The normalized spacial score (nSPS) is 19.0. The van der Waals surface area contributed by atoms with E-state index in [0.717, 1.165) is 12.5 Å². The van der Waals surface area contributed by atoms with Crippen molar-refractivity contribution in [3.8, 4) is 6.07 Å². The first-order chi connectivity index (χ1) is 23.2. The Morgan fingerprint density at radius 3 is 2.08 bits per heavy atom. The number of hydrogen-bond donors (Lipinski definition) is 2. The van der Waals surface area contributed by atoms with Crippen molar-refractivity contribution in [1.29, 1.82) is 5.26 Å². The minimum Gasteiger partial charge on any atom is -0.462 e. The molecule has 1 fully saturated rings. The van der Waals surface area contributed by atoms with Gasteiger partial charge in [0, 0.05) is 36.1 Å². The maximum atomic E-state index is 13.8. The lowest BCUT2D eigenvalue weighted by molar-refractivity contribution is -0.164. The lowest BCUT2D eigenvalue weighted by atomic mass is 9.54. The van der Waals surface area contributed by atoms with Gasteiger partial charge in [-0.2, -0.15) is 5.26 Å². The van der Waals surface area contributed by atoms with Crippen molar-refractivity contribution in [1.82, 2.24) is 5.32 Å². The first kappa shape index (κ1) is 46.0. The number of carbonyl (C=O) groups excluding carboxylic acids is 4. The second-order valence-electron chi connectivity index (χ2n) is 18.5. The number of nitrogens with one attached hydrogen (secondary N) is 1. The molecule has 0 aromatic carbocycles. The Bertz CT molecular complexity index is 1300. The number of hydrogen-bond acceptors (Lipinski definition) is 9. The number of nitriles is 1. The van der Waals surface area contributed by atoms with Gasteiger partial charge in [-0.05, 0) is 59.7 Å². The smallest absolute Gasteiger partial charge is 0.338 e. The number of rotatable bonds is 20. The van der Waals surface area contributed by atoms with Gasteiger partial charge in [0.1, 0.15) is 0 Å². The summed E-state index contributed by atoms with van der Waals surface area (Å²) in [6, 6.07) is 1.91. The first-order valence-corrected chi connectivity index (χ1v) is 18.5. The molecule has 0 aromatic rings. The van der Waals surface area contributed by atoms with Crippen LogP contribution < -0.4 is 11.1 Å². The summed E-state index contributed by atoms with van der Waals surface area (Å²) < 4.78 is 17.5. The van der Waals surface area contributed by atoms with Crippen molar-refractivity contribution in [2.24, 2.45) is 44.6 Å². The van der Waals surface area contributed by atoms with Crippen LogP contribution in [0.2, 0.25) is 0 Å². The van der Waals surface area contributed by atoms with E-state index in [2.05, 4.69) is 66.4 Å². The van der Waals surface area contributed by atoms with E-state index in [-0.39, 0.29) is 36.0 Å². The highest BCUT2D eigenvalue weighted by Crippen LogP contribution is 2.53. The largest absolute Gasteiger partial charge is 0.462 e. The van der Waals surface area contributed by atoms with Crippen molar-refractivity contribution < 1.29 is 33.4 Å². The molecule has 5 unspecified atom stereocenters. The van der Waals surface area contributed by atoms with Crippen molar-refractivity contribution in [2.75, 3.05) is 13.2 Å². The molecule has 0 radical (unpaired) electrons. The van der Waals surface area contributed by atoms with Gasteiger partial charge in [-0.3, -0.25) is 9.59 Å². The molecule has 1 heterocycles. The summed E-state index contributed by atoms with van der Waals surface area (Å²) in [5, 5.41) is 12.0. The van der Waals surface area contributed by atoms with E-state index in [4.69, 9.17) is 19.9 Å². The molecule has 10 nitrogen and oxygen atoms in total. The van der Waals surface area contributed by atoms with E-state index in [1.54, 1.807) is 6.08 Å². The zero-order valence-corrected chi connectivity index (χ0v) is 34.0. The van der Waals surface area contributed by atoms with Crippen LogP contribution in [0.5, 0.6) is 0 Å². The summed E-state index contributed by atoms with van der Waals surface area (Å²) in [7, 11) is 0.